The van der Waals surface area contributed by atoms with E-state index in [4.69, 9.17) is 10.00 Å². The quantitative estimate of drug-likeness (QED) is 0.811. The molecule has 2 rings (SSSR count). The molecule has 0 aromatic heterocycles. The van der Waals surface area contributed by atoms with Gasteiger partial charge in [-0.25, -0.2) is 0 Å². The van der Waals surface area contributed by atoms with Crippen molar-refractivity contribution in [3.05, 3.63) is 59.7 Å². The average Bonchev–Trinajstić information content (AvgIpc) is 2.63. The van der Waals surface area contributed by atoms with E-state index < -0.39 is 0 Å². The first kappa shape index (κ1) is 18.5. The maximum absolute atomic E-state index is 12.4. The molecule has 5 nitrogen and oxygen atoms in total. The number of ether oxygens (including phenoxy) is 1. The number of anilines is 1. The van der Waals surface area contributed by atoms with Crippen molar-refractivity contribution in [3.8, 4) is 11.8 Å². The number of carbonyl (C=O) groups excluding carboxylic acids is 1. The molecule has 25 heavy (non-hydrogen) atoms. The van der Waals surface area contributed by atoms with Crippen LogP contribution in [0.1, 0.15) is 25.0 Å². The van der Waals surface area contributed by atoms with Crippen LogP contribution in [0.3, 0.4) is 0 Å². The lowest BCUT2D eigenvalue weighted by Gasteiger charge is -2.21. The lowest BCUT2D eigenvalue weighted by molar-refractivity contribution is -0.907. The molecule has 130 valence electrons. The first-order valence-corrected chi connectivity index (χ1v) is 8.38. The Balaban J connectivity index is 1.95. The summed E-state index contributed by atoms with van der Waals surface area (Å²) in [6.45, 7) is 5.24. The van der Waals surface area contributed by atoms with Crippen molar-refractivity contribution in [3.63, 3.8) is 0 Å². The van der Waals surface area contributed by atoms with Gasteiger partial charge in [-0.1, -0.05) is 6.07 Å². The number of nitrogens with zero attached hydrogens (tertiary/aromatic N) is 1. The summed E-state index contributed by atoms with van der Waals surface area (Å²) in [4.78, 5) is 13.5. The van der Waals surface area contributed by atoms with Gasteiger partial charge in [-0.15, -0.1) is 0 Å². The molecule has 2 aromatic carbocycles. The number of rotatable bonds is 7. The predicted octanol–water partition coefficient (Wildman–Crippen LogP) is 2.00. The van der Waals surface area contributed by atoms with E-state index in [0.717, 1.165) is 22.8 Å². The molecule has 0 aliphatic rings. The Morgan fingerprint density at radius 2 is 2.00 bits per heavy atom. The highest BCUT2D eigenvalue weighted by Crippen LogP contribution is 2.12. The molecule has 0 spiro atoms. The van der Waals surface area contributed by atoms with Crippen molar-refractivity contribution in [2.75, 3.05) is 19.0 Å². The maximum atomic E-state index is 12.4. The molecule has 0 fully saturated rings. The molecule has 0 aliphatic heterocycles. The van der Waals surface area contributed by atoms with Crippen molar-refractivity contribution in [2.24, 2.45) is 0 Å². The van der Waals surface area contributed by atoms with Gasteiger partial charge < -0.3 is 15.0 Å². The van der Waals surface area contributed by atoms with Gasteiger partial charge in [0.25, 0.3) is 5.91 Å². The van der Waals surface area contributed by atoms with Crippen LogP contribution in [0.25, 0.3) is 0 Å². The number of nitriles is 1. The number of quaternary nitrogens is 1. The molecule has 0 saturated carbocycles. The third-order valence-electron chi connectivity index (χ3n) is 4.11. The third-order valence-corrected chi connectivity index (χ3v) is 4.11. The smallest absolute Gasteiger partial charge is 0.282 e. The molecule has 5 heteroatoms. The van der Waals surface area contributed by atoms with Crippen LogP contribution in [-0.2, 0) is 11.3 Å². The lowest BCUT2D eigenvalue weighted by Crippen LogP contribution is -3.12. The Morgan fingerprint density at radius 3 is 2.64 bits per heavy atom. The summed E-state index contributed by atoms with van der Waals surface area (Å²) in [5.74, 6) is 0.783. The van der Waals surface area contributed by atoms with E-state index >= 15 is 0 Å². The minimum atomic E-state index is -0.225. The standard InChI is InChI=1S/C20H23N3O2/c1-4-25-19-10-8-16(9-11-19)14-23(3)15(2)20(24)22-18-7-5-6-17(12-18)13-21/h5-12,15H,4,14H2,1-3H3,(H,22,24)/p+1/t15-/m1/s1. The first-order chi connectivity index (χ1) is 12.0. The van der Waals surface area contributed by atoms with E-state index in [0.29, 0.717) is 17.9 Å². The number of hydrogen-bond donors (Lipinski definition) is 2. The van der Waals surface area contributed by atoms with Gasteiger partial charge in [0.2, 0.25) is 0 Å². The molecule has 0 radical (unpaired) electrons. The van der Waals surface area contributed by atoms with Crippen LogP contribution in [0, 0.1) is 11.3 Å². The molecule has 0 heterocycles. The Kier molecular flexibility index (Phi) is 6.55. The fourth-order valence-corrected chi connectivity index (χ4v) is 2.49. The van der Waals surface area contributed by atoms with Gasteiger partial charge in [0.15, 0.2) is 6.04 Å². The Labute approximate surface area is 148 Å². The summed E-state index contributed by atoms with van der Waals surface area (Å²) in [6.07, 6.45) is 0. The van der Waals surface area contributed by atoms with Crippen LogP contribution in [0.4, 0.5) is 5.69 Å². The SMILES string of the molecule is CCOc1ccc(C[NH+](C)[C@H](C)C(=O)Nc2cccc(C#N)c2)cc1. The molecule has 1 amide bonds. The first-order valence-electron chi connectivity index (χ1n) is 8.38. The number of amides is 1. The van der Waals surface area contributed by atoms with Crippen LogP contribution in [0.2, 0.25) is 0 Å². The minimum Gasteiger partial charge on any atom is -0.494 e. The van der Waals surface area contributed by atoms with Gasteiger partial charge in [0.05, 0.1) is 25.3 Å². The van der Waals surface area contributed by atoms with E-state index in [2.05, 4.69) is 11.4 Å². The van der Waals surface area contributed by atoms with Gasteiger partial charge in [-0.05, 0) is 56.3 Å². The van der Waals surface area contributed by atoms with E-state index in [9.17, 15) is 4.79 Å². The number of hydrogen-bond acceptors (Lipinski definition) is 3. The van der Waals surface area contributed by atoms with Gasteiger partial charge in [-0.3, -0.25) is 4.79 Å². The monoisotopic (exact) mass is 338 g/mol. The van der Waals surface area contributed by atoms with Crippen LogP contribution >= 0.6 is 0 Å². The summed E-state index contributed by atoms with van der Waals surface area (Å²) >= 11 is 0. The zero-order valence-electron chi connectivity index (χ0n) is 14.9. The Morgan fingerprint density at radius 1 is 1.28 bits per heavy atom. The second-order valence-electron chi connectivity index (χ2n) is 6.00. The zero-order valence-corrected chi connectivity index (χ0v) is 14.9. The minimum absolute atomic E-state index is 0.0708. The molecule has 1 unspecified atom stereocenters. The molecule has 0 bridgehead atoms. The van der Waals surface area contributed by atoms with Crippen LogP contribution in [0.5, 0.6) is 5.75 Å². The summed E-state index contributed by atoms with van der Waals surface area (Å²) in [5.41, 5.74) is 2.32. The van der Waals surface area contributed by atoms with Crippen LogP contribution < -0.4 is 15.0 Å². The van der Waals surface area contributed by atoms with Gasteiger partial charge in [0, 0.05) is 11.3 Å². The Hall–Kier alpha value is -2.84. The third kappa shape index (κ3) is 5.33. The van der Waals surface area contributed by atoms with E-state index in [1.807, 2.05) is 45.2 Å². The normalized spacial score (nSPS) is 12.7. The van der Waals surface area contributed by atoms with Crippen LogP contribution in [-0.4, -0.2) is 25.6 Å². The van der Waals surface area contributed by atoms with Gasteiger partial charge in [-0.2, -0.15) is 5.26 Å². The molecule has 2 N–H and O–H groups in total. The Bertz CT molecular complexity index is 750. The van der Waals surface area contributed by atoms with E-state index in [-0.39, 0.29) is 11.9 Å². The zero-order chi connectivity index (χ0) is 18.2. The summed E-state index contributed by atoms with van der Waals surface area (Å²) < 4.78 is 5.44. The fraction of sp³-hybridized carbons (Fsp3) is 0.300. The molecular weight excluding hydrogens is 314 g/mol. The molecule has 2 aromatic rings. The predicted molar refractivity (Wildman–Crippen MR) is 97.5 cm³/mol. The van der Waals surface area contributed by atoms with Crippen molar-refractivity contribution in [2.45, 2.75) is 26.4 Å². The maximum Gasteiger partial charge on any atom is 0.282 e. The highest BCUT2D eigenvalue weighted by molar-refractivity contribution is 5.93. The van der Waals surface area contributed by atoms with Gasteiger partial charge >= 0.3 is 0 Å². The molecular formula is C20H24N3O2+. The molecule has 2 atom stereocenters. The van der Waals surface area contributed by atoms with Crippen LogP contribution in [0.15, 0.2) is 48.5 Å². The summed E-state index contributed by atoms with van der Waals surface area (Å²) in [7, 11) is 1.99. The van der Waals surface area contributed by atoms with Crippen molar-refractivity contribution in [1.29, 1.82) is 5.26 Å². The molecule has 0 saturated heterocycles. The number of benzene rings is 2. The van der Waals surface area contributed by atoms with Crippen molar-refractivity contribution in [1.82, 2.24) is 0 Å². The number of nitrogens with one attached hydrogen (secondary N) is 2. The number of carbonyl (C=O) groups is 1. The van der Waals surface area contributed by atoms with Crippen molar-refractivity contribution < 1.29 is 14.4 Å². The highest BCUT2D eigenvalue weighted by atomic mass is 16.5. The topological polar surface area (TPSA) is 66.6 Å². The fourth-order valence-electron chi connectivity index (χ4n) is 2.49. The second-order valence-corrected chi connectivity index (χ2v) is 6.00. The highest BCUT2D eigenvalue weighted by Gasteiger charge is 2.22. The van der Waals surface area contributed by atoms with Gasteiger partial charge in [0.1, 0.15) is 12.3 Å². The largest absolute Gasteiger partial charge is 0.494 e. The lowest BCUT2D eigenvalue weighted by atomic mass is 10.1. The average molecular weight is 338 g/mol. The second kappa shape index (κ2) is 8.86. The van der Waals surface area contributed by atoms with Crippen molar-refractivity contribution >= 4 is 11.6 Å². The molecule has 0 aliphatic carbocycles. The van der Waals surface area contributed by atoms with E-state index in [1.165, 1.54) is 0 Å². The number of likely N-dealkylation sites (N-methyl/N-ethyl adjacent to an activating group) is 1. The summed E-state index contributed by atoms with van der Waals surface area (Å²) in [5, 5.41) is 11.8. The van der Waals surface area contributed by atoms with E-state index in [1.54, 1.807) is 24.3 Å². The summed E-state index contributed by atoms with van der Waals surface area (Å²) in [6, 6.07) is 16.7.